The first kappa shape index (κ1) is 11.2. The average molecular weight is 228 g/mol. The Balaban J connectivity index is 3.09. The van der Waals surface area contributed by atoms with Crippen LogP contribution in [0.3, 0.4) is 0 Å². The lowest BCUT2D eigenvalue weighted by atomic mass is 10.2. The van der Waals surface area contributed by atoms with Gasteiger partial charge in [0.05, 0.1) is 4.92 Å². The van der Waals surface area contributed by atoms with Gasteiger partial charge in [-0.2, -0.15) is 0 Å². The lowest BCUT2D eigenvalue weighted by Crippen LogP contribution is -1.89. The van der Waals surface area contributed by atoms with Gasteiger partial charge in [0.1, 0.15) is 0 Å². The van der Waals surface area contributed by atoms with Gasteiger partial charge in [-0.25, -0.2) is 4.79 Å². The van der Waals surface area contributed by atoms with Crippen molar-refractivity contribution in [1.29, 1.82) is 0 Å². The molecule has 15 heavy (non-hydrogen) atoms. The smallest absolute Gasteiger partial charge is 0.328 e. The van der Waals surface area contributed by atoms with Gasteiger partial charge in [-0.3, -0.25) is 10.1 Å². The number of rotatable bonds is 3. The van der Waals surface area contributed by atoms with E-state index >= 15 is 0 Å². The topological polar surface area (TPSA) is 80.4 Å². The Labute approximate surface area is 89.7 Å². The van der Waals surface area contributed by atoms with E-state index < -0.39 is 10.9 Å². The molecule has 0 aliphatic rings. The van der Waals surface area contributed by atoms with E-state index in [4.69, 9.17) is 16.7 Å². The molecule has 1 rings (SSSR count). The highest BCUT2D eigenvalue weighted by molar-refractivity contribution is 6.31. The number of nitro groups is 1. The lowest BCUT2D eigenvalue weighted by molar-refractivity contribution is -0.384. The van der Waals surface area contributed by atoms with Gasteiger partial charge in [-0.1, -0.05) is 11.6 Å². The molecule has 1 aromatic rings. The molecule has 0 unspecified atom stereocenters. The molecule has 1 aromatic carbocycles. The van der Waals surface area contributed by atoms with Crippen molar-refractivity contribution in [2.75, 3.05) is 0 Å². The fourth-order valence-corrected chi connectivity index (χ4v) is 1.20. The zero-order chi connectivity index (χ0) is 11.4. The second-order valence-corrected chi connectivity index (χ2v) is 3.11. The number of nitrogens with zero attached hydrogens (tertiary/aromatic N) is 1. The maximum atomic E-state index is 10.5. The third-order valence-electron chi connectivity index (χ3n) is 1.53. The molecule has 0 saturated heterocycles. The van der Waals surface area contributed by atoms with Crippen molar-refractivity contribution in [3.63, 3.8) is 0 Å². The predicted octanol–water partition coefficient (Wildman–Crippen LogP) is 2.35. The van der Waals surface area contributed by atoms with Gasteiger partial charge in [0, 0.05) is 23.2 Å². The Bertz CT molecular complexity index is 442. The number of carboxylic acid groups (broad SMARTS) is 1. The second kappa shape index (κ2) is 4.56. The van der Waals surface area contributed by atoms with Crippen molar-refractivity contribution >= 4 is 29.3 Å². The molecule has 1 N–H and O–H groups in total. The molecule has 0 fully saturated rings. The highest BCUT2D eigenvalue weighted by Crippen LogP contribution is 2.21. The minimum absolute atomic E-state index is 0.174. The van der Waals surface area contributed by atoms with Crippen molar-refractivity contribution in [1.82, 2.24) is 0 Å². The van der Waals surface area contributed by atoms with E-state index in [1.54, 1.807) is 0 Å². The molecule has 0 aromatic heterocycles. The molecule has 0 saturated carbocycles. The summed E-state index contributed by atoms with van der Waals surface area (Å²) in [5.74, 6) is -1.13. The highest BCUT2D eigenvalue weighted by Gasteiger charge is 2.07. The molecule has 0 bridgehead atoms. The number of benzene rings is 1. The lowest BCUT2D eigenvalue weighted by Gasteiger charge is -1.96. The zero-order valence-electron chi connectivity index (χ0n) is 7.38. The summed E-state index contributed by atoms with van der Waals surface area (Å²) in [6, 6.07) is 3.87. The Morgan fingerprint density at radius 3 is 2.67 bits per heavy atom. The zero-order valence-corrected chi connectivity index (χ0v) is 8.14. The van der Waals surface area contributed by atoms with Crippen molar-refractivity contribution in [2.24, 2.45) is 0 Å². The summed E-state index contributed by atoms with van der Waals surface area (Å²) in [6.45, 7) is 0. The number of carboxylic acids is 1. The molecule has 0 atom stereocenters. The van der Waals surface area contributed by atoms with Crippen LogP contribution in [-0.2, 0) is 4.79 Å². The molecule has 0 aliphatic carbocycles. The molecular weight excluding hydrogens is 222 g/mol. The van der Waals surface area contributed by atoms with Crippen molar-refractivity contribution < 1.29 is 14.8 Å². The first-order valence-electron chi connectivity index (χ1n) is 3.85. The van der Waals surface area contributed by atoms with Gasteiger partial charge in [-0.05, 0) is 17.7 Å². The summed E-state index contributed by atoms with van der Waals surface area (Å²) in [4.78, 5) is 20.1. The summed E-state index contributed by atoms with van der Waals surface area (Å²) in [5.41, 5.74) is 0.198. The second-order valence-electron chi connectivity index (χ2n) is 2.67. The molecule has 0 spiro atoms. The van der Waals surface area contributed by atoms with Crippen LogP contribution in [0.15, 0.2) is 24.3 Å². The number of hydrogen-bond acceptors (Lipinski definition) is 3. The normalized spacial score (nSPS) is 10.5. The van der Waals surface area contributed by atoms with Crippen molar-refractivity contribution in [3.05, 3.63) is 45.0 Å². The summed E-state index contributed by atoms with van der Waals surface area (Å²) < 4.78 is 0. The minimum atomic E-state index is -1.13. The Kier molecular flexibility index (Phi) is 3.41. The number of nitro benzene ring substituents is 1. The maximum absolute atomic E-state index is 10.5. The van der Waals surface area contributed by atoms with Crippen LogP contribution in [0.5, 0.6) is 0 Å². The standard InChI is InChI=1S/C9H6ClNO4/c10-7-3-6(1-2-9(12)13)4-8(5-7)11(14)15/h1-5H,(H,12,13)/b2-1+. The first-order valence-corrected chi connectivity index (χ1v) is 4.23. The van der Waals surface area contributed by atoms with E-state index in [9.17, 15) is 14.9 Å². The Morgan fingerprint density at radius 2 is 2.13 bits per heavy atom. The predicted molar refractivity (Wildman–Crippen MR) is 54.8 cm³/mol. The number of carbonyl (C=O) groups is 1. The van der Waals surface area contributed by atoms with Crippen LogP contribution in [-0.4, -0.2) is 16.0 Å². The van der Waals surface area contributed by atoms with Crippen LogP contribution in [0.1, 0.15) is 5.56 Å². The van der Waals surface area contributed by atoms with Crippen LogP contribution in [0.25, 0.3) is 6.08 Å². The van der Waals surface area contributed by atoms with Crippen molar-refractivity contribution in [2.45, 2.75) is 0 Å². The van der Waals surface area contributed by atoms with E-state index in [0.29, 0.717) is 5.56 Å². The van der Waals surface area contributed by atoms with Crippen LogP contribution < -0.4 is 0 Å². The third kappa shape index (κ3) is 3.40. The van der Waals surface area contributed by atoms with E-state index in [2.05, 4.69) is 0 Å². The maximum Gasteiger partial charge on any atom is 0.328 e. The molecule has 5 nitrogen and oxygen atoms in total. The minimum Gasteiger partial charge on any atom is -0.478 e. The first-order chi connectivity index (χ1) is 6.99. The average Bonchev–Trinajstić information content (AvgIpc) is 2.13. The van der Waals surface area contributed by atoms with Crippen LogP contribution in [0.2, 0.25) is 5.02 Å². The van der Waals surface area contributed by atoms with E-state index in [-0.39, 0.29) is 10.7 Å². The van der Waals surface area contributed by atoms with Gasteiger partial charge in [0.25, 0.3) is 5.69 Å². The van der Waals surface area contributed by atoms with Crippen molar-refractivity contribution in [3.8, 4) is 0 Å². The fourth-order valence-electron chi connectivity index (χ4n) is 0.965. The quantitative estimate of drug-likeness (QED) is 0.488. The molecule has 6 heteroatoms. The molecule has 0 radical (unpaired) electrons. The molecule has 0 aliphatic heterocycles. The highest BCUT2D eigenvalue weighted by atomic mass is 35.5. The van der Waals surface area contributed by atoms with Gasteiger partial charge in [-0.15, -0.1) is 0 Å². The summed E-state index contributed by atoms with van der Waals surface area (Å²) >= 11 is 5.62. The Morgan fingerprint density at radius 1 is 1.47 bits per heavy atom. The monoisotopic (exact) mass is 227 g/mol. The number of hydrogen-bond donors (Lipinski definition) is 1. The summed E-state index contributed by atoms with van der Waals surface area (Å²) in [7, 11) is 0. The Hall–Kier alpha value is -1.88. The molecule has 0 amide bonds. The third-order valence-corrected chi connectivity index (χ3v) is 1.75. The van der Waals surface area contributed by atoms with E-state index in [0.717, 1.165) is 6.08 Å². The van der Waals surface area contributed by atoms with Crippen LogP contribution in [0.4, 0.5) is 5.69 Å². The fraction of sp³-hybridized carbons (Fsp3) is 0. The summed E-state index contributed by atoms with van der Waals surface area (Å²) in [6.07, 6.45) is 2.12. The van der Waals surface area contributed by atoms with E-state index in [1.807, 2.05) is 0 Å². The van der Waals surface area contributed by atoms with Gasteiger partial charge in [0.2, 0.25) is 0 Å². The van der Waals surface area contributed by atoms with Crippen LogP contribution >= 0.6 is 11.6 Å². The van der Waals surface area contributed by atoms with Crippen LogP contribution in [0, 0.1) is 10.1 Å². The number of aliphatic carboxylic acids is 1. The molecular formula is C9H6ClNO4. The van der Waals surface area contributed by atoms with Gasteiger partial charge >= 0.3 is 5.97 Å². The summed E-state index contributed by atoms with van der Waals surface area (Å²) in [5, 5.41) is 19.0. The SMILES string of the molecule is O=C(O)/C=C/c1cc(Cl)cc([N+](=O)[O-])c1. The number of non-ortho nitro benzene ring substituents is 1. The number of halogens is 1. The van der Waals surface area contributed by atoms with Gasteiger partial charge < -0.3 is 5.11 Å². The van der Waals surface area contributed by atoms with E-state index in [1.165, 1.54) is 24.3 Å². The largest absolute Gasteiger partial charge is 0.478 e. The molecule has 0 heterocycles. The molecule has 78 valence electrons. The van der Waals surface area contributed by atoms with Gasteiger partial charge in [0.15, 0.2) is 0 Å².